The van der Waals surface area contributed by atoms with E-state index in [0.29, 0.717) is 6.42 Å². The van der Waals surface area contributed by atoms with E-state index in [4.69, 9.17) is 5.26 Å². The molecule has 0 aliphatic carbocycles. The number of aromatic nitrogens is 2. The van der Waals surface area contributed by atoms with Crippen molar-refractivity contribution in [2.75, 3.05) is 0 Å². The number of aryl methyl sites for hydroxylation is 1. The van der Waals surface area contributed by atoms with Gasteiger partial charge in [0.2, 0.25) is 0 Å². The Bertz CT molecular complexity index is 476. The molecule has 0 atom stereocenters. The highest BCUT2D eigenvalue weighted by molar-refractivity contribution is 7.08. The molecule has 0 aromatic carbocycles. The average molecular weight is 217 g/mol. The summed E-state index contributed by atoms with van der Waals surface area (Å²) in [5.74, 6) is 0. The number of nitriles is 1. The summed E-state index contributed by atoms with van der Waals surface area (Å²) in [5.41, 5.74) is 3.08. The van der Waals surface area contributed by atoms with Gasteiger partial charge in [0.25, 0.3) is 0 Å². The summed E-state index contributed by atoms with van der Waals surface area (Å²) in [6.07, 6.45) is 0.422. The lowest BCUT2D eigenvalue weighted by atomic mass is 10.2. The first kappa shape index (κ1) is 9.94. The molecule has 0 spiro atoms. The highest BCUT2D eigenvalue weighted by Gasteiger charge is 2.08. The molecule has 2 rings (SSSR count). The van der Waals surface area contributed by atoms with Gasteiger partial charge in [-0.2, -0.15) is 21.7 Å². The lowest BCUT2D eigenvalue weighted by Gasteiger charge is -1.98. The van der Waals surface area contributed by atoms with E-state index in [9.17, 15) is 0 Å². The third-order valence-electron chi connectivity index (χ3n) is 2.24. The number of rotatable bonds is 3. The number of hydrogen-bond acceptors (Lipinski definition) is 3. The molecule has 15 heavy (non-hydrogen) atoms. The zero-order valence-electron chi connectivity index (χ0n) is 8.47. The van der Waals surface area contributed by atoms with E-state index in [-0.39, 0.29) is 0 Å². The van der Waals surface area contributed by atoms with Crippen molar-refractivity contribution in [1.82, 2.24) is 9.78 Å². The SMILES string of the molecule is CCn1nc(-c2ccsc2)cc1CC#N. The van der Waals surface area contributed by atoms with Crippen LogP contribution in [0.5, 0.6) is 0 Å². The van der Waals surface area contributed by atoms with Crippen LogP contribution in [-0.4, -0.2) is 9.78 Å². The molecule has 0 saturated heterocycles. The number of thiophene rings is 1. The van der Waals surface area contributed by atoms with Gasteiger partial charge in [0.1, 0.15) is 0 Å². The summed E-state index contributed by atoms with van der Waals surface area (Å²) in [6, 6.07) is 6.20. The first-order chi connectivity index (χ1) is 7.35. The average Bonchev–Trinajstić information content (AvgIpc) is 2.84. The van der Waals surface area contributed by atoms with E-state index in [1.54, 1.807) is 11.3 Å². The van der Waals surface area contributed by atoms with E-state index >= 15 is 0 Å². The monoisotopic (exact) mass is 217 g/mol. The van der Waals surface area contributed by atoms with E-state index in [1.807, 2.05) is 29.1 Å². The Kier molecular flexibility index (Phi) is 2.84. The van der Waals surface area contributed by atoms with E-state index in [1.165, 1.54) is 0 Å². The van der Waals surface area contributed by atoms with Gasteiger partial charge < -0.3 is 0 Å². The van der Waals surface area contributed by atoms with Crippen LogP contribution >= 0.6 is 11.3 Å². The van der Waals surface area contributed by atoms with Crippen molar-refractivity contribution in [3.05, 3.63) is 28.6 Å². The van der Waals surface area contributed by atoms with Crippen LogP contribution in [-0.2, 0) is 13.0 Å². The van der Waals surface area contributed by atoms with E-state index < -0.39 is 0 Å². The van der Waals surface area contributed by atoms with Crippen LogP contribution in [0, 0.1) is 11.3 Å². The van der Waals surface area contributed by atoms with Gasteiger partial charge in [0.05, 0.1) is 23.9 Å². The fraction of sp³-hybridized carbons (Fsp3) is 0.273. The Labute approximate surface area is 92.6 Å². The molecular formula is C11H11N3S. The molecule has 0 N–H and O–H groups in total. The predicted molar refractivity (Wildman–Crippen MR) is 60.5 cm³/mol. The predicted octanol–water partition coefficient (Wildman–Crippen LogP) is 2.70. The first-order valence-electron chi connectivity index (χ1n) is 4.81. The summed E-state index contributed by atoms with van der Waals surface area (Å²) in [7, 11) is 0. The van der Waals surface area contributed by atoms with Crippen LogP contribution in [0.4, 0.5) is 0 Å². The van der Waals surface area contributed by atoms with Crippen molar-refractivity contribution in [1.29, 1.82) is 5.26 Å². The Morgan fingerprint density at radius 1 is 1.60 bits per heavy atom. The van der Waals surface area contributed by atoms with Crippen LogP contribution in [0.3, 0.4) is 0 Å². The van der Waals surface area contributed by atoms with Crippen molar-refractivity contribution in [3.8, 4) is 17.3 Å². The molecular weight excluding hydrogens is 206 g/mol. The standard InChI is InChI=1S/C11H11N3S/c1-2-14-10(3-5-12)7-11(13-14)9-4-6-15-8-9/h4,6-8H,2-3H2,1H3. The molecule has 0 amide bonds. The first-order valence-corrected chi connectivity index (χ1v) is 5.75. The molecule has 0 radical (unpaired) electrons. The van der Waals surface area contributed by atoms with Gasteiger partial charge in [-0.1, -0.05) is 0 Å². The van der Waals surface area contributed by atoms with Crippen LogP contribution in [0.25, 0.3) is 11.3 Å². The van der Waals surface area contributed by atoms with Crippen molar-refractivity contribution >= 4 is 11.3 Å². The van der Waals surface area contributed by atoms with Gasteiger partial charge in [0.15, 0.2) is 0 Å². The van der Waals surface area contributed by atoms with Crippen molar-refractivity contribution in [2.45, 2.75) is 19.9 Å². The maximum absolute atomic E-state index is 8.69. The highest BCUT2D eigenvalue weighted by Crippen LogP contribution is 2.21. The van der Waals surface area contributed by atoms with E-state index in [2.05, 4.69) is 16.5 Å². The van der Waals surface area contributed by atoms with Gasteiger partial charge in [-0.25, -0.2) is 0 Å². The highest BCUT2D eigenvalue weighted by atomic mass is 32.1. The lowest BCUT2D eigenvalue weighted by molar-refractivity contribution is 0.634. The smallest absolute Gasteiger partial charge is 0.0934 e. The fourth-order valence-corrected chi connectivity index (χ4v) is 2.15. The Hall–Kier alpha value is -1.60. The summed E-state index contributed by atoms with van der Waals surface area (Å²) in [4.78, 5) is 0. The maximum Gasteiger partial charge on any atom is 0.0934 e. The topological polar surface area (TPSA) is 41.6 Å². The normalized spacial score (nSPS) is 10.1. The third kappa shape index (κ3) is 1.92. The molecule has 0 aliphatic heterocycles. The van der Waals surface area contributed by atoms with Gasteiger partial charge in [-0.15, -0.1) is 0 Å². The zero-order valence-corrected chi connectivity index (χ0v) is 9.29. The Morgan fingerprint density at radius 2 is 2.47 bits per heavy atom. The fourth-order valence-electron chi connectivity index (χ4n) is 1.50. The zero-order chi connectivity index (χ0) is 10.7. The summed E-state index contributed by atoms with van der Waals surface area (Å²) in [6.45, 7) is 2.84. The summed E-state index contributed by atoms with van der Waals surface area (Å²) >= 11 is 1.66. The second-order valence-electron chi connectivity index (χ2n) is 3.18. The molecule has 3 nitrogen and oxygen atoms in total. The minimum absolute atomic E-state index is 0.422. The van der Waals surface area contributed by atoms with Crippen LogP contribution in [0.15, 0.2) is 22.9 Å². The number of hydrogen-bond donors (Lipinski definition) is 0. The molecule has 2 aromatic rings. The molecule has 0 bridgehead atoms. The maximum atomic E-state index is 8.69. The Balaban J connectivity index is 2.39. The molecule has 76 valence electrons. The quantitative estimate of drug-likeness (QED) is 0.793. The molecule has 0 aliphatic rings. The molecule has 0 saturated carbocycles. The van der Waals surface area contributed by atoms with Crippen molar-refractivity contribution < 1.29 is 0 Å². The largest absolute Gasteiger partial charge is 0.268 e. The minimum Gasteiger partial charge on any atom is -0.268 e. The van der Waals surface area contributed by atoms with Gasteiger partial charge >= 0.3 is 0 Å². The molecule has 2 aromatic heterocycles. The van der Waals surface area contributed by atoms with Crippen LogP contribution in [0.2, 0.25) is 0 Å². The summed E-state index contributed by atoms with van der Waals surface area (Å²) < 4.78 is 1.89. The van der Waals surface area contributed by atoms with Crippen LogP contribution < -0.4 is 0 Å². The van der Waals surface area contributed by atoms with Gasteiger partial charge in [-0.05, 0) is 24.4 Å². The van der Waals surface area contributed by atoms with Crippen molar-refractivity contribution in [2.24, 2.45) is 0 Å². The van der Waals surface area contributed by atoms with Gasteiger partial charge in [0, 0.05) is 17.5 Å². The van der Waals surface area contributed by atoms with E-state index in [0.717, 1.165) is 23.5 Å². The van der Waals surface area contributed by atoms with Gasteiger partial charge in [-0.3, -0.25) is 4.68 Å². The Morgan fingerprint density at radius 3 is 3.07 bits per heavy atom. The lowest BCUT2D eigenvalue weighted by Crippen LogP contribution is -2.01. The summed E-state index contributed by atoms with van der Waals surface area (Å²) in [5, 5.41) is 17.3. The molecule has 0 fully saturated rings. The number of nitrogens with zero attached hydrogens (tertiary/aromatic N) is 3. The third-order valence-corrected chi connectivity index (χ3v) is 2.92. The van der Waals surface area contributed by atoms with Crippen molar-refractivity contribution in [3.63, 3.8) is 0 Å². The molecule has 0 unspecified atom stereocenters. The molecule has 4 heteroatoms. The minimum atomic E-state index is 0.422. The van der Waals surface area contributed by atoms with Crippen LogP contribution in [0.1, 0.15) is 12.6 Å². The molecule has 2 heterocycles. The second kappa shape index (κ2) is 4.28. The second-order valence-corrected chi connectivity index (χ2v) is 3.96.